The molecule has 90 valence electrons. The standard InChI is InChI=1S/C11H16BrNO3/c1-2-6-15-7-3-5-13-11(14)9-4-8-16-10(9)12/h4,8H,2-3,5-7H2,1H3,(H,13,14). The number of ether oxygens (including phenoxy) is 1. The fourth-order valence-electron chi connectivity index (χ4n) is 1.17. The number of nitrogens with one attached hydrogen (secondary N) is 1. The molecule has 1 amide bonds. The van der Waals surface area contributed by atoms with E-state index < -0.39 is 0 Å². The molecule has 1 rings (SSSR count). The number of furan rings is 1. The minimum atomic E-state index is -0.129. The van der Waals surface area contributed by atoms with Gasteiger partial charge in [0.05, 0.1) is 11.8 Å². The summed E-state index contributed by atoms with van der Waals surface area (Å²) in [5.74, 6) is -0.129. The number of carbonyl (C=O) groups excluding carboxylic acids is 1. The molecule has 0 aliphatic carbocycles. The second-order valence-electron chi connectivity index (χ2n) is 3.33. The van der Waals surface area contributed by atoms with Gasteiger partial charge >= 0.3 is 0 Å². The normalized spacial score (nSPS) is 10.4. The summed E-state index contributed by atoms with van der Waals surface area (Å²) >= 11 is 3.16. The molecule has 5 heteroatoms. The number of carbonyl (C=O) groups is 1. The molecule has 0 spiro atoms. The van der Waals surface area contributed by atoms with Crippen molar-refractivity contribution in [2.45, 2.75) is 19.8 Å². The molecule has 0 saturated carbocycles. The molecule has 0 unspecified atom stereocenters. The van der Waals surface area contributed by atoms with Crippen molar-refractivity contribution in [1.29, 1.82) is 0 Å². The van der Waals surface area contributed by atoms with E-state index in [1.54, 1.807) is 6.07 Å². The van der Waals surface area contributed by atoms with E-state index in [2.05, 4.69) is 28.2 Å². The summed E-state index contributed by atoms with van der Waals surface area (Å²) in [6, 6.07) is 1.63. The highest BCUT2D eigenvalue weighted by molar-refractivity contribution is 9.10. The van der Waals surface area contributed by atoms with E-state index >= 15 is 0 Å². The van der Waals surface area contributed by atoms with Crippen molar-refractivity contribution in [3.63, 3.8) is 0 Å². The Morgan fingerprint density at radius 3 is 3.00 bits per heavy atom. The van der Waals surface area contributed by atoms with Gasteiger partial charge in [-0.25, -0.2) is 0 Å². The van der Waals surface area contributed by atoms with E-state index in [4.69, 9.17) is 9.15 Å². The Morgan fingerprint density at radius 1 is 1.56 bits per heavy atom. The van der Waals surface area contributed by atoms with Crippen LogP contribution in [0.4, 0.5) is 0 Å². The van der Waals surface area contributed by atoms with Crippen LogP contribution in [-0.4, -0.2) is 25.7 Å². The Kier molecular flexibility index (Phi) is 6.18. The summed E-state index contributed by atoms with van der Waals surface area (Å²) in [6.07, 6.45) is 3.32. The van der Waals surface area contributed by atoms with Gasteiger partial charge in [-0.15, -0.1) is 0 Å². The number of hydrogen-bond acceptors (Lipinski definition) is 3. The second-order valence-corrected chi connectivity index (χ2v) is 4.05. The van der Waals surface area contributed by atoms with E-state index in [0.717, 1.165) is 19.4 Å². The van der Waals surface area contributed by atoms with Gasteiger partial charge in [0, 0.05) is 19.8 Å². The first-order valence-corrected chi connectivity index (χ1v) is 6.14. The fraction of sp³-hybridized carbons (Fsp3) is 0.545. The van der Waals surface area contributed by atoms with Crippen molar-refractivity contribution in [2.75, 3.05) is 19.8 Å². The van der Waals surface area contributed by atoms with Crippen molar-refractivity contribution in [3.8, 4) is 0 Å². The third-order valence-corrected chi connectivity index (χ3v) is 2.58. The molecule has 0 saturated heterocycles. The summed E-state index contributed by atoms with van der Waals surface area (Å²) in [5, 5.41) is 2.79. The smallest absolute Gasteiger partial charge is 0.255 e. The van der Waals surface area contributed by atoms with Crippen molar-refractivity contribution < 1.29 is 13.9 Å². The van der Waals surface area contributed by atoms with Crippen molar-refractivity contribution in [2.24, 2.45) is 0 Å². The Bertz CT molecular complexity index is 325. The molecule has 0 bridgehead atoms. The molecule has 1 aromatic rings. The van der Waals surface area contributed by atoms with Crippen LogP contribution < -0.4 is 5.32 Å². The zero-order valence-corrected chi connectivity index (χ0v) is 10.9. The molecule has 0 aliphatic heterocycles. The van der Waals surface area contributed by atoms with E-state index in [-0.39, 0.29) is 5.91 Å². The van der Waals surface area contributed by atoms with Gasteiger partial charge < -0.3 is 14.5 Å². The number of halogens is 1. The first-order chi connectivity index (χ1) is 7.75. The van der Waals surface area contributed by atoms with Gasteiger partial charge in [0.25, 0.3) is 5.91 Å². The molecule has 0 aliphatic rings. The van der Waals surface area contributed by atoms with Crippen LogP contribution in [0.5, 0.6) is 0 Å². The molecule has 1 aromatic heterocycles. The van der Waals surface area contributed by atoms with Gasteiger partial charge in [-0.3, -0.25) is 4.79 Å². The van der Waals surface area contributed by atoms with Gasteiger partial charge in [0.2, 0.25) is 0 Å². The molecular weight excluding hydrogens is 274 g/mol. The van der Waals surface area contributed by atoms with Crippen molar-refractivity contribution in [3.05, 3.63) is 22.6 Å². The molecule has 16 heavy (non-hydrogen) atoms. The first-order valence-electron chi connectivity index (χ1n) is 5.34. The number of rotatable bonds is 7. The molecule has 0 aromatic carbocycles. The average molecular weight is 290 g/mol. The van der Waals surface area contributed by atoms with Crippen LogP contribution in [0.3, 0.4) is 0 Å². The maximum atomic E-state index is 11.6. The minimum Gasteiger partial charge on any atom is -0.457 e. The quantitative estimate of drug-likeness (QED) is 0.785. The lowest BCUT2D eigenvalue weighted by atomic mass is 10.3. The Balaban J connectivity index is 2.14. The molecule has 0 radical (unpaired) electrons. The van der Waals surface area contributed by atoms with Gasteiger partial charge in [0.1, 0.15) is 0 Å². The van der Waals surface area contributed by atoms with E-state index in [1.807, 2.05) is 0 Å². The van der Waals surface area contributed by atoms with Crippen LogP contribution in [-0.2, 0) is 4.74 Å². The Labute approximate surface area is 103 Å². The Morgan fingerprint density at radius 2 is 2.38 bits per heavy atom. The SMILES string of the molecule is CCCOCCCNC(=O)c1ccoc1Br. The average Bonchev–Trinajstić information content (AvgIpc) is 2.69. The van der Waals surface area contributed by atoms with Gasteiger partial charge in [-0.2, -0.15) is 0 Å². The highest BCUT2D eigenvalue weighted by Crippen LogP contribution is 2.16. The van der Waals surface area contributed by atoms with E-state index in [9.17, 15) is 4.79 Å². The van der Waals surface area contributed by atoms with Crippen LogP contribution in [0.2, 0.25) is 0 Å². The predicted octanol–water partition coefficient (Wildman–Crippen LogP) is 2.59. The highest BCUT2D eigenvalue weighted by atomic mass is 79.9. The third kappa shape index (κ3) is 4.37. The maximum absolute atomic E-state index is 11.6. The van der Waals surface area contributed by atoms with Crippen LogP contribution in [0.15, 0.2) is 21.4 Å². The lowest BCUT2D eigenvalue weighted by molar-refractivity contribution is 0.0939. The summed E-state index contributed by atoms with van der Waals surface area (Å²) in [4.78, 5) is 11.6. The van der Waals surface area contributed by atoms with Gasteiger partial charge in [-0.1, -0.05) is 6.92 Å². The minimum absolute atomic E-state index is 0.129. The monoisotopic (exact) mass is 289 g/mol. The molecule has 0 atom stereocenters. The van der Waals surface area contributed by atoms with E-state index in [0.29, 0.717) is 23.4 Å². The van der Waals surface area contributed by atoms with Crippen LogP contribution in [0, 0.1) is 0 Å². The summed E-state index contributed by atoms with van der Waals surface area (Å²) in [7, 11) is 0. The number of amides is 1. The van der Waals surface area contributed by atoms with E-state index in [1.165, 1.54) is 6.26 Å². The van der Waals surface area contributed by atoms with Gasteiger partial charge in [0.15, 0.2) is 4.67 Å². The third-order valence-electron chi connectivity index (χ3n) is 1.96. The summed E-state index contributed by atoms with van der Waals surface area (Å²) < 4.78 is 10.7. The van der Waals surface area contributed by atoms with Crippen molar-refractivity contribution in [1.82, 2.24) is 5.32 Å². The van der Waals surface area contributed by atoms with Crippen molar-refractivity contribution >= 4 is 21.8 Å². The predicted molar refractivity (Wildman–Crippen MR) is 64.5 cm³/mol. The fourth-order valence-corrected chi connectivity index (χ4v) is 1.59. The lowest BCUT2D eigenvalue weighted by Crippen LogP contribution is -2.25. The van der Waals surface area contributed by atoms with Crippen LogP contribution in [0.25, 0.3) is 0 Å². The molecule has 1 heterocycles. The lowest BCUT2D eigenvalue weighted by Gasteiger charge is -2.04. The summed E-state index contributed by atoms with van der Waals surface area (Å²) in [6.45, 7) is 4.14. The van der Waals surface area contributed by atoms with Crippen LogP contribution in [0.1, 0.15) is 30.1 Å². The first kappa shape index (κ1) is 13.3. The largest absolute Gasteiger partial charge is 0.457 e. The molecule has 1 N–H and O–H groups in total. The Hall–Kier alpha value is -0.810. The maximum Gasteiger partial charge on any atom is 0.255 e. The topological polar surface area (TPSA) is 51.5 Å². The molecule has 0 fully saturated rings. The molecule has 4 nitrogen and oxygen atoms in total. The zero-order valence-electron chi connectivity index (χ0n) is 9.29. The van der Waals surface area contributed by atoms with Gasteiger partial charge in [-0.05, 0) is 34.8 Å². The molecular formula is C11H16BrNO3. The summed E-state index contributed by atoms with van der Waals surface area (Å²) in [5.41, 5.74) is 0.523. The van der Waals surface area contributed by atoms with Crippen LogP contribution >= 0.6 is 15.9 Å². The number of hydrogen-bond donors (Lipinski definition) is 1. The highest BCUT2D eigenvalue weighted by Gasteiger charge is 2.11. The second kappa shape index (κ2) is 7.46. The zero-order chi connectivity index (χ0) is 11.8.